The second kappa shape index (κ2) is 15.0. The van der Waals surface area contributed by atoms with E-state index >= 15 is 0 Å². The topological polar surface area (TPSA) is 136 Å². The van der Waals surface area contributed by atoms with Gasteiger partial charge in [0.15, 0.2) is 0 Å². The number of rotatable bonds is 11. The molecular formula is C34H31F3N4O6. The number of carbonyl (C=O) groups excluding carboxylic acids is 4. The molecule has 1 atom stereocenters. The van der Waals surface area contributed by atoms with Crippen LogP contribution in [0.25, 0.3) is 11.3 Å². The minimum Gasteiger partial charge on any atom is -0.457 e. The lowest BCUT2D eigenvalue weighted by Crippen LogP contribution is -2.50. The van der Waals surface area contributed by atoms with Crippen LogP contribution in [0.5, 0.6) is 0 Å². The van der Waals surface area contributed by atoms with Crippen molar-refractivity contribution in [2.45, 2.75) is 39.2 Å². The number of para-hydroxylation sites is 1. The number of hydrogen-bond donors (Lipinski definition) is 3. The summed E-state index contributed by atoms with van der Waals surface area (Å²) in [4.78, 5) is 64.4. The maximum absolute atomic E-state index is 13.6. The largest absolute Gasteiger partial charge is 0.457 e. The molecule has 1 heterocycles. The number of alkyl halides is 3. The summed E-state index contributed by atoms with van der Waals surface area (Å²) in [6.07, 6.45) is -5.18. The lowest BCUT2D eigenvalue weighted by atomic mass is 9.99. The minimum atomic E-state index is -5.18. The molecule has 0 aliphatic heterocycles. The third-order valence-electron chi connectivity index (χ3n) is 6.95. The van der Waals surface area contributed by atoms with Gasteiger partial charge in [-0.05, 0) is 41.3 Å². The van der Waals surface area contributed by atoms with E-state index in [9.17, 15) is 37.1 Å². The number of anilines is 2. The Kier molecular flexibility index (Phi) is 10.9. The second-order valence-electron chi connectivity index (χ2n) is 10.7. The zero-order chi connectivity index (χ0) is 34.1. The molecule has 0 saturated heterocycles. The maximum Gasteiger partial charge on any atom is 0.452 e. The number of nitrogens with one attached hydrogen (secondary N) is 3. The van der Waals surface area contributed by atoms with Crippen LogP contribution in [-0.4, -0.2) is 40.5 Å². The van der Waals surface area contributed by atoms with Gasteiger partial charge in [-0.1, -0.05) is 86.6 Å². The van der Waals surface area contributed by atoms with Gasteiger partial charge in [0.25, 0.3) is 11.3 Å². The monoisotopic (exact) mass is 648 g/mol. The molecule has 13 heteroatoms. The van der Waals surface area contributed by atoms with Gasteiger partial charge >= 0.3 is 18.2 Å². The third kappa shape index (κ3) is 8.93. The molecule has 0 radical (unpaired) electrons. The Balaban J connectivity index is 1.56. The summed E-state index contributed by atoms with van der Waals surface area (Å²) in [5, 5.41) is 7.01. The Hall–Kier alpha value is -5.72. The molecule has 0 aliphatic rings. The zero-order valence-corrected chi connectivity index (χ0v) is 25.3. The van der Waals surface area contributed by atoms with Crippen LogP contribution in [-0.2, 0) is 27.5 Å². The fourth-order valence-corrected chi connectivity index (χ4v) is 4.61. The van der Waals surface area contributed by atoms with Crippen molar-refractivity contribution < 1.29 is 37.1 Å². The van der Waals surface area contributed by atoms with E-state index in [1.165, 1.54) is 38.1 Å². The van der Waals surface area contributed by atoms with E-state index in [4.69, 9.17) is 4.74 Å². The van der Waals surface area contributed by atoms with E-state index in [1.807, 2.05) is 6.07 Å². The van der Waals surface area contributed by atoms with Crippen molar-refractivity contribution in [2.75, 3.05) is 10.6 Å². The predicted molar refractivity (Wildman–Crippen MR) is 169 cm³/mol. The van der Waals surface area contributed by atoms with Crippen LogP contribution in [0.4, 0.5) is 29.3 Å². The first-order chi connectivity index (χ1) is 22.3. The fourth-order valence-electron chi connectivity index (χ4n) is 4.61. The van der Waals surface area contributed by atoms with E-state index in [2.05, 4.69) is 16.0 Å². The van der Waals surface area contributed by atoms with E-state index in [0.717, 1.165) is 10.1 Å². The molecule has 0 bridgehead atoms. The molecule has 10 nitrogen and oxygen atoms in total. The van der Waals surface area contributed by atoms with Crippen molar-refractivity contribution in [3.05, 3.63) is 119 Å². The number of ether oxygens (including phenoxy) is 1. The molecule has 1 unspecified atom stereocenters. The van der Waals surface area contributed by atoms with Crippen molar-refractivity contribution in [1.29, 1.82) is 0 Å². The van der Waals surface area contributed by atoms with Gasteiger partial charge in [-0.15, -0.1) is 0 Å². The van der Waals surface area contributed by atoms with E-state index in [-0.39, 0.29) is 29.2 Å². The SMILES string of the molecule is CC(C)C(NC(=O)Cn1c(-c2ccccc2)ccc(NC(=O)Nc2ccccc2C(=O)OCc2ccccc2)c1=O)C(=O)C(F)(F)F. The summed E-state index contributed by atoms with van der Waals surface area (Å²) in [6.45, 7) is 1.94. The quantitative estimate of drug-likeness (QED) is 0.176. The molecule has 4 aromatic rings. The highest BCUT2D eigenvalue weighted by Gasteiger charge is 2.45. The van der Waals surface area contributed by atoms with Gasteiger partial charge in [0.2, 0.25) is 5.91 Å². The molecule has 0 saturated carbocycles. The van der Waals surface area contributed by atoms with Gasteiger partial charge in [-0.3, -0.25) is 19.0 Å². The summed E-state index contributed by atoms with van der Waals surface area (Å²) in [5.74, 6) is -4.74. The molecule has 3 aromatic carbocycles. The third-order valence-corrected chi connectivity index (χ3v) is 6.95. The average molecular weight is 649 g/mol. The minimum absolute atomic E-state index is 0.00334. The highest BCUT2D eigenvalue weighted by Crippen LogP contribution is 2.23. The first-order valence-electron chi connectivity index (χ1n) is 14.4. The first-order valence-corrected chi connectivity index (χ1v) is 14.4. The maximum atomic E-state index is 13.6. The molecule has 4 rings (SSSR count). The molecule has 47 heavy (non-hydrogen) atoms. The number of carbonyl (C=O) groups is 4. The number of ketones is 1. The van der Waals surface area contributed by atoms with Gasteiger partial charge in [0.1, 0.15) is 18.8 Å². The van der Waals surface area contributed by atoms with E-state index in [1.54, 1.807) is 66.7 Å². The number of Topliss-reactive ketones (excluding diaryl/α,β-unsaturated/α-hetero) is 1. The van der Waals surface area contributed by atoms with Crippen LogP contribution >= 0.6 is 0 Å². The number of esters is 1. The number of nitrogens with zero attached hydrogens (tertiary/aromatic N) is 1. The molecule has 0 aliphatic carbocycles. The number of pyridine rings is 1. The smallest absolute Gasteiger partial charge is 0.452 e. The molecule has 0 fully saturated rings. The number of benzene rings is 3. The van der Waals surface area contributed by atoms with E-state index < -0.39 is 53.9 Å². The highest BCUT2D eigenvalue weighted by atomic mass is 19.4. The number of urea groups is 1. The lowest BCUT2D eigenvalue weighted by Gasteiger charge is -2.23. The van der Waals surface area contributed by atoms with Gasteiger partial charge in [0.05, 0.1) is 23.0 Å². The van der Waals surface area contributed by atoms with Crippen molar-refractivity contribution >= 4 is 35.1 Å². The summed E-state index contributed by atoms with van der Waals surface area (Å²) >= 11 is 0. The van der Waals surface area contributed by atoms with Crippen molar-refractivity contribution in [1.82, 2.24) is 9.88 Å². The van der Waals surface area contributed by atoms with Crippen molar-refractivity contribution in [2.24, 2.45) is 5.92 Å². The van der Waals surface area contributed by atoms with E-state index in [0.29, 0.717) is 5.56 Å². The molecule has 3 amide bonds. The van der Waals surface area contributed by atoms with Crippen LogP contribution in [0.15, 0.2) is 102 Å². The number of amides is 3. The molecule has 0 spiro atoms. The second-order valence-corrected chi connectivity index (χ2v) is 10.7. The molecule has 244 valence electrons. The summed E-state index contributed by atoms with van der Waals surface area (Å²) in [6, 6.07) is 23.5. The van der Waals surface area contributed by atoms with Gasteiger partial charge in [-0.25, -0.2) is 9.59 Å². The Morgan fingerprint density at radius 3 is 2.02 bits per heavy atom. The highest BCUT2D eigenvalue weighted by molar-refractivity contribution is 6.05. The average Bonchev–Trinajstić information content (AvgIpc) is 3.04. The number of aromatic nitrogens is 1. The van der Waals surface area contributed by atoms with Gasteiger partial charge in [0, 0.05) is 0 Å². The van der Waals surface area contributed by atoms with Crippen molar-refractivity contribution in [3.63, 3.8) is 0 Å². The van der Waals surface area contributed by atoms with Gasteiger partial charge in [-0.2, -0.15) is 13.2 Å². The Morgan fingerprint density at radius 2 is 1.38 bits per heavy atom. The Bertz CT molecular complexity index is 1810. The first kappa shape index (κ1) is 34.2. The lowest BCUT2D eigenvalue weighted by molar-refractivity contribution is -0.174. The van der Waals surface area contributed by atoms with Crippen molar-refractivity contribution in [3.8, 4) is 11.3 Å². The molecule has 1 aromatic heterocycles. The van der Waals surface area contributed by atoms with Crippen LogP contribution in [0, 0.1) is 5.92 Å². The predicted octanol–water partition coefficient (Wildman–Crippen LogP) is 5.79. The Morgan fingerprint density at radius 1 is 0.787 bits per heavy atom. The number of halogens is 3. The van der Waals surface area contributed by atoms with Crippen LogP contribution in [0.1, 0.15) is 29.8 Å². The van der Waals surface area contributed by atoms with Crippen LogP contribution < -0.4 is 21.5 Å². The number of hydrogen-bond acceptors (Lipinski definition) is 6. The Labute approximate surface area is 267 Å². The summed E-state index contributed by atoms with van der Waals surface area (Å²) in [5.41, 5.74) is 0.522. The standard InChI is InChI=1S/C34H31F3N4O6/c1-21(2)29(30(43)34(35,36)37)40-28(42)19-41-27(23-13-7-4-8-14-23)18-17-26(31(41)44)39-33(46)38-25-16-10-9-15-24(25)32(45)47-20-22-11-5-3-6-12-22/h3-18,21,29H,19-20H2,1-2H3,(H,40,42)(H2,38,39,46). The van der Waals surface area contributed by atoms with Crippen LogP contribution in [0.2, 0.25) is 0 Å². The summed E-state index contributed by atoms with van der Waals surface area (Å²) < 4.78 is 45.9. The zero-order valence-electron chi connectivity index (χ0n) is 25.3. The fraction of sp³-hybridized carbons (Fsp3) is 0.206. The normalized spacial score (nSPS) is 11.8. The van der Waals surface area contributed by atoms with Crippen LogP contribution in [0.3, 0.4) is 0 Å². The molecular weight excluding hydrogens is 617 g/mol. The molecule has 3 N–H and O–H groups in total. The summed E-state index contributed by atoms with van der Waals surface area (Å²) in [7, 11) is 0. The van der Waals surface area contributed by atoms with Gasteiger partial charge < -0.3 is 20.7 Å².